The Kier molecular flexibility index (Phi) is 6.23. The van der Waals surface area contributed by atoms with E-state index in [0.717, 1.165) is 11.8 Å². The van der Waals surface area contributed by atoms with Crippen molar-refractivity contribution in [3.8, 4) is 39.9 Å². The molecule has 150 valence electrons. The maximum absolute atomic E-state index is 11.8. The van der Waals surface area contributed by atoms with Crippen molar-refractivity contribution in [1.82, 2.24) is 0 Å². The summed E-state index contributed by atoms with van der Waals surface area (Å²) in [5.74, 6) is 2.36. The first-order chi connectivity index (χ1) is 13.7. The van der Waals surface area contributed by atoms with Gasteiger partial charge in [-0.05, 0) is 23.8 Å². The van der Waals surface area contributed by atoms with Gasteiger partial charge in [-0.3, -0.25) is 4.79 Å². The SMILES string of the molecule is COCOCc1cc(OC)c(OC)c(OC)c1-c1cc2c(cc1C=O)OCO2. The second kappa shape index (κ2) is 8.81. The highest BCUT2D eigenvalue weighted by atomic mass is 16.7. The molecule has 0 amide bonds. The number of carbonyl (C=O) groups is 1. The van der Waals surface area contributed by atoms with Gasteiger partial charge in [-0.1, -0.05) is 0 Å². The molecule has 2 aromatic carbocycles. The third kappa shape index (κ3) is 3.56. The quantitative estimate of drug-likeness (QED) is 0.367. The number of fused-ring (bicyclic) bond motifs is 1. The summed E-state index contributed by atoms with van der Waals surface area (Å²) in [4.78, 5) is 11.8. The molecule has 1 aliphatic heterocycles. The van der Waals surface area contributed by atoms with E-state index >= 15 is 0 Å². The molecule has 0 spiro atoms. The zero-order valence-corrected chi connectivity index (χ0v) is 16.2. The minimum Gasteiger partial charge on any atom is -0.493 e. The Morgan fingerprint density at radius 3 is 2.29 bits per heavy atom. The van der Waals surface area contributed by atoms with Crippen molar-refractivity contribution in [3.63, 3.8) is 0 Å². The summed E-state index contributed by atoms with van der Waals surface area (Å²) in [5, 5.41) is 0. The van der Waals surface area contributed by atoms with Crippen LogP contribution >= 0.6 is 0 Å². The Morgan fingerprint density at radius 1 is 0.964 bits per heavy atom. The van der Waals surface area contributed by atoms with Crippen LogP contribution in [0.3, 0.4) is 0 Å². The van der Waals surface area contributed by atoms with E-state index in [1.54, 1.807) is 25.3 Å². The summed E-state index contributed by atoms with van der Waals surface area (Å²) in [6.07, 6.45) is 0.757. The van der Waals surface area contributed by atoms with E-state index < -0.39 is 0 Å². The Bertz CT molecular complexity index is 862. The third-order valence-electron chi connectivity index (χ3n) is 4.31. The molecule has 1 aliphatic rings. The first-order valence-electron chi connectivity index (χ1n) is 8.46. The van der Waals surface area contributed by atoms with E-state index in [0.29, 0.717) is 45.4 Å². The molecule has 0 fully saturated rings. The molecular formula is C20H22O8. The van der Waals surface area contributed by atoms with Crippen molar-refractivity contribution in [1.29, 1.82) is 0 Å². The second-order valence-corrected chi connectivity index (χ2v) is 5.85. The van der Waals surface area contributed by atoms with Crippen LogP contribution in [0.4, 0.5) is 0 Å². The van der Waals surface area contributed by atoms with Crippen LogP contribution in [0.1, 0.15) is 15.9 Å². The smallest absolute Gasteiger partial charge is 0.231 e. The lowest BCUT2D eigenvalue weighted by Crippen LogP contribution is -2.05. The third-order valence-corrected chi connectivity index (χ3v) is 4.31. The number of hydrogen-bond acceptors (Lipinski definition) is 8. The highest BCUT2D eigenvalue weighted by Gasteiger charge is 2.26. The van der Waals surface area contributed by atoms with Gasteiger partial charge in [-0.15, -0.1) is 0 Å². The summed E-state index contributed by atoms with van der Waals surface area (Å²) in [6.45, 7) is 0.411. The van der Waals surface area contributed by atoms with Crippen LogP contribution in [-0.4, -0.2) is 48.3 Å². The topological polar surface area (TPSA) is 81.7 Å². The number of hydrogen-bond donors (Lipinski definition) is 0. The van der Waals surface area contributed by atoms with Crippen molar-refractivity contribution in [3.05, 3.63) is 29.3 Å². The first-order valence-corrected chi connectivity index (χ1v) is 8.46. The monoisotopic (exact) mass is 390 g/mol. The van der Waals surface area contributed by atoms with Crippen LogP contribution in [0.2, 0.25) is 0 Å². The van der Waals surface area contributed by atoms with E-state index in [-0.39, 0.29) is 20.2 Å². The molecular weight excluding hydrogens is 368 g/mol. The van der Waals surface area contributed by atoms with Gasteiger partial charge in [0, 0.05) is 23.8 Å². The van der Waals surface area contributed by atoms with Crippen LogP contribution < -0.4 is 23.7 Å². The predicted molar refractivity (Wildman–Crippen MR) is 99.7 cm³/mol. The molecule has 8 heteroatoms. The van der Waals surface area contributed by atoms with Gasteiger partial charge in [0.1, 0.15) is 6.79 Å². The van der Waals surface area contributed by atoms with Gasteiger partial charge in [0.15, 0.2) is 29.3 Å². The van der Waals surface area contributed by atoms with E-state index in [1.165, 1.54) is 21.3 Å². The number of benzene rings is 2. The molecule has 0 unspecified atom stereocenters. The molecule has 0 bridgehead atoms. The Labute approximate surface area is 162 Å². The summed E-state index contributed by atoms with van der Waals surface area (Å²) >= 11 is 0. The summed E-state index contributed by atoms with van der Waals surface area (Å²) < 4.78 is 38.0. The van der Waals surface area contributed by atoms with Crippen molar-refractivity contribution < 1.29 is 38.0 Å². The van der Waals surface area contributed by atoms with Crippen molar-refractivity contribution in [2.45, 2.75) is 6.61 Å². The van der Waals surface area contributed by atoms with Crippen LogP contribution in [0.25, 0.3) is 11.1 Å². The summed E-state index contributed by atoms with van der Waals surface area (Å²) in [7, 11) is 6.12. The minimum absolute atomic E-state index is 0.101. The number of ether oxygens (including phenoxy) is 7. The van der Waals surface area contributed by atoms with Crippen LogP contribution in [0.15, 0.2) is 18.2 Å². The van der Waals surface area contributed by atoms with Crippen molar-refractivity contribution in [2.75, 3.05) is 42.0 Å². The Hall–Kier alpha value is -2.97. The van der Waals surface area contributed by atoms with Crippen LogP contribution in [-0.2, 0) is 16.1 Å². The van der Waals surface area contributed by atoms with E-state index in [9.17, 15) is 4.79 Å². The average molecular weight is 390 g/mol. The largest absolute Gasteiger partial charge is 0.493 e. The van der Waals surface area contributed by atoms with Gasteiger partial charge in [-0.2, -0.15) is 0 Å². The fraction of sp³-hybridized carbons (Fsp3) is 0.350. The Balaban J connectivity index is 2.27. The first kappa shape index (κ1) is 19.8. The molecule has 0 radical (unpaired) electrons. The molecule has 0 saturated heterocycles. The fourth-order valence-corrected chi connectivity index (χ4v) is 3.12. The van der Waals surface area contributed by atoms with E-state index in [2.05, 4.69) is 0 Å². The molecule has 0 aromatic heterocycles. The predicted octanol–water partition coefficient (Wildman–Crippen LogP) is 3.04. The fourth-order valence-electron chi connectivity index (χ4n) is 3.12. The van der Waals surface area contributed by atoms with Crippen LogP contribution in [0.5, 0.6) is 28.7 Å². The van der Waals surface area contributed by atoms with Crippen molar-refractivity contribution >= 4 is 6.29 Å². The molecule has 0 N–H and O–H groups in total. The number of rotatable bonds is 9. The molecule has 0 saturated carbocycles. The molecule has 8 nitrogen and oxygen atoms in total. The molecule has 2 aromatic rings. The zero-order valence-electron chi connectivity index (χ0n) is 16.2. The molecule has 28 heavy (non-hydrogen) atoms. The van der Waals surface area contributed by atoms with Gasteiger partial charge in [0.2, 0.25) is 12.5 Å². The second-order valence-electron chi connectivity index (χ2n) is 5.85. The highest BCUT2D eigenvalue weighted by Crippen LogP contribution is 2.49. The summed E-state index contributed by atoms with van der Waals surface area (Å²) in [6, 6.07) is 5.17. The minimum atomic E-state index is 0.101. The lowest BCUT2D eigenvalue weighted by atomic mass is 9.93. The maximum atomic E-state index is 11.8. The van der Waals surface area contributed by atoms with E-state index in [4.69, 9.17) is 33.2 Å². The lowest BCUT2D eigenvalue weighted by Gasteiger charge is -2.21. The average Bonchev–Trinajstić information content (AvgIpc) is 3.19. The molecule has 1 heterocycles. The number of methoxy groups -OCH3 is 4. The van der Waals surface area contributed by atoms with Crippen molar-refractivity contribution in [2.24, 2.45) is 0 Å². The van der Waals surface area contributed by atoms with Gasteiger partial charge in [-0.25, -0.2) is 0 Å². The van der Waals surface area contributed by atoms with Gasteiger partial charge < -0.3 is 33.2 Å². The number of aldehydes is 1. The normalized spacial score (nSPS) is 12.0. The van der Waals surface area contributed by atoms with Gasteiger partial charge in [0.05, 0.1) is 27.9 Å². The highest BCUT2D eigenvalue weighted by molar-refractivity contribution is 5.93. The standard InChI is InChI=1S/C20H22O8/c1-22-10-26-9-13-6-17(23-2)19(24-3)20(25-4)18(13)14-7-16-15(27-11-28-16)5-12(14)8-21/h5-8H,9-11H2,1-4H3. The zero-order chi connectivity index (χ0) is 20.1. The lowest BCUT2D eigenvalue weighted by molar-refractivity contribution is -0.0390. The molecule has 3 rings (SSSR count). The van der Waals surface area contributed by atoms with Crippen LogP contribution in [0, 0.1) is 0 Å². The van der Waals surface area contributed by atoms with Gasteiger partial charge >= 0.3 is 0 Å². The molecule has 0 aliphatic carbocycles. The molecule has 0 atom stereocenters. The van der Waals surface area contributed by atoms with Gasteiger partial charge in [0.25, 0.3) is 0 Å². The number of carbonyl (C=O) groups excluding carboxylic acids is 1. The maximum Gasteiger partial charge on any atom is 0.231 e. The van der Waals surface area contributed by atoms with E-state index in [1.807, 2.05) is 0 Å². The Morgan fingerprint density at radius 2 is 1.68 bits per heavy atom. The summed E-state index contributed by atoms with van der Waals surface area (Å²) in [5.41, 5.74) is 2.39.